The molecule has 19 heavy (non-hydrogen) atoms. The highest BCUT2D eigenvalue weighted by Crippen LogP contribution is 2.57. The van der Waals surface area contributed by atoms with Gasteiger partial charge < -0.3 is 14.9 Å². The Bertz CT molecular complexity index is 455. The maximum Gasteiger partial charge on any atom is 0.334 e. The van der Waals surface area contributed by atoms with Crippen molar-refractivity contribution in [3.63, 3.8) is 0 Å². The molecule has 0 aromatic heterocycles. The first-order chi connectivity index (χ1) is 8.89. The molecule has 2 aliphatic carbocycles. The van der Waals surface area contributed by atoms with Gasteiger partial charge in [-0.1, -0.05) is 6.92 Å². The number of fused-ring (bicyclic) bond motifs is 2. The van der Waals surface area contributed by atoms with Crippen LogP contribution in [0.3, 0.4) is 0 Å². The zero-order valence-electron chi connectivity index (χ0n) is 11.6. The van der Waals surface area contributed by atoms with Crippen LogP contribution in [0.1, 0.15) is 46.0 Å². The molecule has 0 bridgehead atoms. The number of rotatable bonds is 1. The Morgan fingerprint density at radius 2 is 2.16 bits per heavy atom. The predicted molar refractivity (Wildman–Crippen MR) is 69.3 cm³/mol. The van der Waals surface area contributed by atoms with E-state index >= 15 is 0 Å². The van der Waals surface area contributed by atoms with Crippen LogP contribution < -0.4 is 0 Å². The number of esters is 1. The van der Waals surface area contributed by atoms with Crippen molar-refractivity contribution in [1.82, 2.24) is 0 Å². The zero-order valence-corrected chi connectivity index (χ0v) is 11.6. The van der Waals surface area contributed by atoms with E-state index in [2.05, 4.69) is 6.92 Å². The third-order valence-corrected chi connectivity index (χ3v) is 5.62. The normalized spacial score (nSPS) is 45.8. The summed E-state index contributed by atoms with van der Waals surface area (Å²) in [4.78, 5) is 11.7. The van der Waals surface area contributed by atoms with Gasteiger partial charge in [-0.25, -0.2) is 4.79 Å². The number of aliphatic hydroxyl groups excluding tert-OH is 1. The third kappa shape index (κ3) is 1.77. The van der Waals surface area contributed by atoms with Crippen LogP contribution in [0.25, 0.3) is 0 Å². The van der Waals surface area contributed by atoms with Gasteiger partial charge in [-0.05, 0) is 55.9 Å². The third-order valence-electron chi connectivity index (χ3n) is 5.62. The van der Waals surface area contributed by atoms with Gasteiger partial charge in [0.1, 0.15) is 6.10 Å². The zero-order chi connectivity index (χ0) is 13.8. The van der Waals surface area contributed by atoms with Crippen molar-refractivity contribution in [3.05, 3.63) is 11.1 Å². The van der Waals surface area contributed by atoms with Crippen molar-refractivity contribution < 1.29 is 19.7 Å². The van der Waals surface area contributed by atoms with Crippen molar-refractivity contribution >= 4 is 5.97 Å². The molecule has 2 saturated carbocycles. The molecule has 0 aromatic carbocycles. The molecule has 2 N–H and O–H groups in total. The van der Waals surface area contributed by atoms with Crippen molar-refractivity contribution in [2.75, 3.05) is 6.61 Å². The van der Waals surface area contributed by atoms with Crippen molar-refractivity contribution in [3.8, 4) is 0 Å². The van der Waals surface area contributed by atoms with Crippen molar-refractivity contribution in [2.45, 2.75) is 57.7 Å². The van der Waals surface area contributed by atoms with Gasteiger partial charge in [0.15, 0.2) is 0 Å². The molecule has 0 amide bonds. The van der Waals surface area contributed by atoms with Gasteiger partial charge in [-0.2, -0.15) is 0 Å². The molecule has 4 atom stereocenters. The minimum Gasteiger partial charge on any atom is -0.454 e. The lowest BCUT2D eigenvalue weighted by molar-refractivity contribution is -0.159. The molecular formula is C15H22O4. The lowest BCUT2D eigenvalue weighted by atomic mass is 9.53. The smallest absolute Gasteiger partial charge is 0.334 e. The standard InChI is InChI=1S/C15H22O4/c1-9-10-6-12-14(2,7-11(10)19-13(9)17)4-3-5-15(12,18)8-16/h11-12,16,18H,3-8H2,1-2H3. The highest BCUT2D eigenvalue weighted by Gasteiger charge is 2.56. The van der Waals surface area contributed by atoms with Gasteiger partial charge >= 0.3 is 5.97 Å². The molecule has 4 nitrogen and oxygen atoms in total. The van der Waals surface area contributed by atoms with Crippen LogP contribution in [0.4, 0.5) is 0 Å². The van der Waals surface area contributed by atoms with E-state index in [0.717, 1.165) is 24.8 Å². The molecule has 0 saturated heterocycles. The molecule has 0 radical (unpaired) electrons. The Balaban J connectivity index is 1.98. The van der Waals surface area contributed by atoms with Gasteiger partial charge in [0, 0.05) is 5.57 Å². The fourth-order valence-electron chi connectivity index (χ4n) is 4.42. The van der Waals surface area contributed by atoms with Gasteiger partial charge in [0.2, 0.25) is 0 Å². The van der Waals surface area contributed by atoms with E-state index in [1.54, 1.807) is 6.92 Å². The van der Waals surface area contributed by atoms with Crippen LogP contribution >= 0.6 is 0 Å². The summed E-state index contributed by atoms with van der Waals surface area (Å²) in [5.74, 6) is -0.191. The van der Waals surface area contributed by atoms with Gasteiger partial charge in [0.05, 0.1) is 12.2 Å². The first-order valence-corrected chi connectivity index (χ1v) is 7.13. The van der Waals surface area contributed by atoms with Crippen molar-refractivity contribution in [1.29, 1.82) is 0 Å². The van der Waals surface area contributed by atoms with Crippen LogP contribution in [0.2, 0.25) is 0 Å². The molecule has 2 fully saturated rings. The summed E-state index contributed by atoms with van der Waals surface area (Å²) >= 11 is 0. The fraction of sp³-hybridized carbons (Fsp3) is 0.800. The highest BCUT2D eigenvalue weighted by molar-refractivity contribution is 5.91. The molecule has 4 heteroatoms. The maximum atomic E-state index is 11.7. The van der Waals surface area contributed by atoms with E-state index in [-0.39, 0.29) is 30.0 Å². The number of ether oxygens (including phenoxy) is 1. The lowest BCUT2D eigenvalue weighted by Crippen LogP contribution is -2.55. The highest BCUT2D eigenvalue weighted by atomic mass is 16.5. The summed E-state index contributed by atoms with van der Waals surface area (Å²) < 4.78 is 5.44. The maximum absolute atomic E-state index is 11.7. The molecule has 0 aromatic rings. The predicted octanol–water partition coefficient (Wildman–Crippen LogP) is 1.55. The summed E-state index contributed by atoms with van der Waals surface area (Å²) in [5, 5.41) is 20.3. The van der Waals surface area contributed by atoms with Crippen LogP contribution in [0, 0.1) is 11.3 Å². The Labute approximate surface area is 113 Å². The summed E-state index contributed by atoms with van der Waals surface area (Å²) in [6.07, 6.45) is 3.95. The second-order valence-corrected chi connectivity index (χ2v) is 6.77. The molecule has 1 heterocycles. The summed E-state index contributed by atoms with van der Waals surface area (Å²) in [7, 11) is 0. The molecule has 3 rings (SSSR count). The van der Waals surface area contributed by atoms with E-state index in [0.29, 0.717) is 18.4 Å². The van der Waals surface area contributed by atoms with E-state index in [1.807, 2.05) is 0 Å². The van der Waals surface area contributed by atoms with Crippen molar-refractivity contribution in [2.24, 2.45) is 11.3 Å². The monoisotopic (exact) mass is 266 g/mol. The summed E-state index contributed by atoms with van der Waals surface area (Å²) in [6, 6.07) is 0. The molecule has 4 unspecified atom stereocenters. The number of hydrogen-bond donors (Lipinski definition) is 2. The fourth-order valence-corrected chi connectivity index (χ4v) is 4.42. The first kappa shape index (κ1) is 13.1. The van der Waals surface area contributed by atoms with Crippen LogP contribution in [0.5, 0.6) is 0 Å². The number of aliphatic hydroxyl groups is 2. The summed E-state index contributed by atoms with van der Waals surface area (Å²) in [5.41, 5.74) is 0.699. The van der Waals surface area contributed by atoms with E-state index in [4.69, 9.17) is 4.74 Å². The molecule has 3 aliphatic rings. The van der Waals surface area contributed by atoms with Gasteiger partial charge in [-0.15, -0.1) is 0 Å². The largest absolute Gasteiger partial charge is 0.454 e. The lowest BCUT2D eigenvalue weighted by Gasteiger charge is -2.54. The van der Waals surface area contributed by atoms with Crippen LogP contribution in [0.15, 0.2) is 11.1 Å². The van der Waals surface area contributed by atoms with E-state index < -0.39 is 5.60 Å². The van der Waals surface area contributed by atoms with E-state index in [1.165, 1.54) is 0 Å². The molecular weight excluding hydrogens is 244 g/mol. The van der Waals surface area contributed by atoms with Gasteiger partial charge in [0.25, 0.3) is 0 Å². The topological polar surface area (TPSA) is 66.8 Å². The quantitative estimate of drug-likeness (QED) is 0.707. The Morgan fingerprint density at radius 1 is 1.42 bits per heavy atom. The average Bonchev–Trinajstić information content (AvgIpc) is 2.62. The van der Waals surface area contributed by atoms with Gasteiger partial charge in [-0.3, -0.25) is 0 Å². The Hall–Kier alpha value is -0.870. The van der Waals surface area contributed by atoms with Crippen LogP contribution in [-0.4, -0.2) is 34.5 Å². The average molecular weight is 266 g/mol. The SMILES string of the molecule is CC1=C2CC3C(C)(CCCC3(O)CO)CC2OC1=O. The Morgan fingerprint density at radius 3 is 2.84 bits per heavy atom. The molecule has 1 aliphatic heterocycles. The number of carbonyl (C=O) groups is 1. The minimum absolute atomic E-state index is 0.0226. The number of carbonyl (C=O) groups excluding carboxylic acids is 1. The molecule has 106 valence electrons. The Kier molecular flexibility index (Phi) is 2.81. The number of hydrogen-bond acceptors (Lipinski definition) is 4. The minimum atomic E-state index is -1.00. The van der Waals surface area contributed by atoms with E-state index in [9.17, 15) is 15.0 Å². The molecule has 0 spiro atoms. The summed E-state index contributed by atoms with van der Waals surface area (Å²) in [6.45, 7) is 3.77. The second-order valence-electron chi connectivity index (χ2n) is 6.77. The first-order valence-electron chi connectivity index (χ1n) is 7.13. The second kappa shape index (κ2) is 4.06. The van der Waals surface area contributed by atoms with Crippen LogP contribution in [-0.2, 0) is 9.53 Å².